The predicted molar refractivity (Wildman–Crippen MR) is 193 cm³/mol. The number of carbonyl (C=O) groups is 3. The first-order valence-corrected chi connectivity index (χ1v) is 16.5. The van der Waals surface area contributed by atoms with E-state index in [1.807, 2.05) is 103 Å². The maximum atomic E-state index is 14.6. The molecule has 49 heavy (non-hydrogen) atoms. The number of pyridine rings is 1. The van der Waals surface area contributed by atoms with Crippen LogP contribution in [0.2, 0.25) is 0 Å². The van der Waals surface area contributed by atoms with E-state index in [0.29, 0.717) is 31.5 Å². The van der Waals surface area contributed by atoms with Gasteiger partial charge in [0.05, 0.1) is 0 Å². The number of aromatic nitrogens is 1. The summed E-state index contributed by atoms with van der Waals surface area (Å²) < 4.78 is 0. The molecule has 5 aromatic rings. The fraction of sp³-hybridized carbons (Fsp3) is 0.220. The Morgan fingerprint density at radius 2 is 1.24 bits per heavy atom. The number of nitrogens with zero attached hydrogens (tertiary/aromatic N) is 3. The molecule has 2 unspecified atom stereocenters. The molecule has 0 saturated heterocycles. The van der Waals surface area contributed by atoms with Crippen LogP contribution in [0, 0.1) is 0 Å². The Kier molecular flexibility index (Phi) is 12.0. The van der Waals surface area contributed by atoms with Crippen LogP contribution in [0.3, 0.4) is 0 Å². The van der Waals surface area contributed by atoms with Crippen molar-refractivity contribution in [3.05, 3.63) is 162 Å². The predicted octanol–water partition coefficient (Wildman–Crippen LogP) is 5.32. The Morgan fingerprint density at radius 3 is 1.92 bits per heavy atom. The third-order valence-corrected chi connectivity index (χ3v) is 8.82. The summed E-state index contributed by atoms with van der Waals surface area (Å²) in [5.41, 5.74) is 12.1. The van der Waals surface area contributed by atoms with E-state index in [2.05, 4.69) is 10.3 Å². The van der Waals surface area contributed by atoms with Crippen molar-refractivity contribution in [1.29, 1.82) is 0 Å². The van der Waals surface area contributed by atoms with Gasteiger partial charge in [-0.2, -0.15) is 0 Å². The number of likely N-dealkylation sites (N-methyl/N-ethyl adjacent to an activating group) is 2. The number of nitrogens with two attached hydrogens (primary N) is 1. The van der Waals surface area contributed by atoms with Crippen LogP contribution in [0.4, 0.5) is 0 Å². The Balaban J connectivity index is 1.42. The van der Waals surface area contributed by atoms with Crippen molar-refractivity contribution in [3.63, 3.8) is 0 Å². The van der Waals surface area contributed by atoms with Gasteiger partial charge in [0.25, 0.3) is 5.91 Å². The van der Waals surface area contributed by atoms with Gasteiger partial charge in [-0.1, -0.05) is 97.1 Å². The monoisotopic (exact) mass is 653 g/mol. The summed E-state index contributed by atoms with van der Waals surface area (Å²) in [6.07, 6.45) is 4.66. The van der Waals surface area contributed by atoms with E-state index in [4.69, 9.17) is 5.73 Å². The zero-order chi connectivity index (χ0) is 34.6. The van der Waals surface area contributed by atoms with Crippen molar-refractivity contribution in [2.45, 2.75) is 37.9 Å². The molecule has 2 atom stereocenters. The molecule has 0 aliphatic rings. The smallest absolute Gasteiger partial charge is 0.254 e. The van der Waals surface area contributed by atoms with Crippen molar-refractivity contribution >= 4 is 17.7 Å². The summed E-state index contributed by atoms with van der Waals surface area (Å²) in [6.45, 7) is 0.699. The second-order valence-corrected chi connectivity index (χ2v) is 12.2. The Bertz CT molecular complexity index is 1820. The molecule has 5 rings (SSSR count). The number of amides is 3. The molecule has 8 heteroatoms. The minimum absolute atomic E-state index is 0.260. The molecule has 0 fully saturated rings. The highest BCUT2D eigenvalue weighted by atomic mass is 16.2. The molecule has 4 aromatic carbocycles. The first-order valence-electron chi connectivity index (χ1n) is 16.5. The van der Waals surface area contributed by atoms with Crippen molar-refractivity contribution in [2.75, 3.05) is 20.6 Å². The number of nitrogens with one attached hydrogen (secondary N) is 1. The lowest BCUT2D eigenvalue weighted by Gasteiger charge is -2.35. The highest BCUT2D eigenvalue weighted by Crippen LogP contribution is 2.22. The zero-order valence-electron chi connectivity index (χ0n) is 28.0. The fourth-order valence-corrected chi connectivity index (χ4v) is 5.88. The van der Waals surface area contributed by atoms with Gasteiger partial charge in [0.15, 0.2) is 0 Å². The van der Waals surface area contributed by atoms with Gasteiger partial charge in [-0.25, -0.2) is 0 Å². The molecule has 250 valence electrons. The number of hydrogen-bond acceptors (Lipinski definition) is 5. The van der Waals surface area contributed by atoms with Crippen molar-refractivity contribution < 1.29 is 14.4 Å². The summed E-state index contributed by atoms with van der Waals surface area (Å²) >= 11 is 0. The lowest BCUT2D eigenvalue weighted by Crippen LogP contribution is -2.56. The molecule has 0 saturated carbocycles. The first-order chi connectivity index (χ1) is 23.8. The van der Waals surface area contributed by atoms with Crippen LogP contribution in [-0.2, 0) is 35.4 Å². The maximum Gasteiger partial charge on any atom is 0.254 e. The molecule has 1 heterocycles. The van der Waals surface area contributed by atoms with E-state index in [1.54, 1.807) is 44.7 Å². The van der Waals surface area contributed by atoms with Gasteiger partial charge in [-0.05, 0) is 64.1 Å². The van der Waals surface area contributed by atoms with Crippen LogP contribution in [-0.4, -0.2) is 65.2 Å². The summed E-state index contributed by atoms with van der Waals surface area (Å²) in [5.74, 6) is -0.892. The quantitative estimate of drug-likeness (QED) is 0.169. The SMILES string of the molecule is CN(C(=O)c1cccc(CN)c1)C(Cc1ccc(-c2ccccc2)cc1)C(=O)N(C)C(Cc1ccccc1)C(=O)NCCc1ccncc1. The number of rotatable bonds is 14. The van der Waals surface area contributed by atoms with Crippen LogP contribution in [0.25, 0.3) is 11.1 Å². The molecule has 0 aliphatic carbocycles. The van der Waals surface area contributed by atoms with Crippen LogP contribution in [0.15, 0.2) is 134 Å². The highest BCUT2D eigenvalue weighted by Gasteiger charge is 2.35. The Labute approximate surface area is 288 Å². The molecular formula is C41H43N5O3. The number of benzene rings is 4. The minimum Gasteiger partial charge on any atom is -0.354 e. The largest absolute Gasteiger partial charge is 0.354 e. The van der Waals surface area contributed by atoms with Gasteiger partial charge in [-0.15, -0.1) is 0 Å². The molecule has 0 radical (unpaired) electrons. The Morgan fingerprint density at radius 1 is 0.653 bits per heavy atom. The number of hydrogen-bond donors (Lipinski definition) is 2. The molecule has 0 spiro atoms. The van der Waals surface area contributed by atoms with Crippen LogP contribution in [0.5, 0.6) is 0 Å². The molecule has 0 aliphatic heterocycles. The van der Waals surface area contributed by atoms with Gasteiger partial charge < -0.3 is 20.9 Å². The van der Waals surface area contributed by atoms with Gasteiger partial charge in [0.1, 0.15) is 12.1 Å². The summed E-state index contributed by atoms with van der Waals surface area (Å²) in [7, 11) is 3.30. The summed E-state index contributed by atoms with van der Waals surface area (Å²) in [4.78, 5) is 49.4. The summed E-state index contributed by atoms with van der Waals surface area (Å²) in [6, 6.07) is 37.0. The summed E-state index contributed by atoms with van der Waals surface area (Å²) in [5, 5.41) is 3.04. The van der Waals surface area contributed by atoms with E-state index in [0.717, 1.165) is 33.4 Å². The molecule has 3 N–H and O–H groups in total. The fourth-order valence-electron chi connectivity index (χ4n) is 5.88. The van der Waals surface area contributed by atoms with E-state index in [9.17, 15) is 14.4 Å². The van der Waals surface area contributed by atoms with Gasteiger partial charge in [-0.3, -0.25) is 19.4 Å². The van der Waals surface area contributed by atoms with E-state index in [1.165, 1.54) is 9.80 Å². The van der Waals surface area contributed by atoms with Crippen LogP contribution < -0.4 is 11.1 Å². The molecule has 0 bridgehead atoms. The van der Waals surface area contributed by atoms with Crippen molar-refractivity contribution in [3.8, 4) is 11.1 Å². The normalized spacial score (nSPS) is 12.1. The molecular weight excluding hydrogens is 610 g/mol. The third kappa shape index (κ3) is 9.27. The second-order valence-electron chi connectivity index (χ2n) is 12.2. The number of carbonyl (C=O) groups excluding carboxylic acids is 3. The standard InChI is InChI=1S/C41H43N5O3/c1-45(37(27-31-10-5-3-6-11-31)39(47)44-25-22-30-20-23-43-24-21-30)41(49)38(46(2)40(48)36-15-9-12-33(26-36)29-42)28-32-16-18-35(19-17-32)34-13-7-4-8-14-34/h3-21,23-24,26,37-38H,22,25,27-29,42H2,1-2H3,(H,44,47). The lowest BCUT2D eigenvalue weighted by molar-refractivity contribution is -0.142. The Hall–Kier alpha value is -5.60. The van der Waals surface area contributed by atoms with Crippen molar-refractivity contribution in [1.82, 2.24) is 20.1 Å². The van der Waals surface area contributed by atoms with Gasteiger partial charge in [0.2, 0.25) is 11.8 Å². The molecule has 8 nitrogen and oxygen atoms in total. The zero-order valence-corrected chi connectivity index (χ0v) is 28.0. The van der Waals surface area contributed by atoms with Gasteiger partial charge in [0, 0.05) is 58.0 Å². The highest BCUT2D eigenvalue weighted by molar-refractivity contribution is 5.98. The van der Waals surface area contributed by atoms with E-state index in [-0.39, 0.29) is 24.1 Å². The maximum absolute atomic E-state index is 14.6. The topological polar surface area (TPSA) is 109 Å². The first kappa shape index (κ1) is 34.7. The van der Waals surface area contributed by atoms with Crippen LogP contribution in [0.1, 0.15) is 32.6 Å². The van der Waals surface area contributed by atoms with E-state index >= 15 is 0 Å². The van der Waals surface area contributed by atoms with Crippen molar-refractivity contribution in [2.24, 2.45) is 5.73 Å². The van der Waals surface area contributed by atoms with Crippen LogP contribution >= 0.6 is 0 Å². The lowest BCUT2D eigenvalue weighted by atomic mass is 9.97. The second kappa shape index (κ2) is 17.0. The average Bonchev–Trinajstić information content (AvgIpc) is 3.16. The molecule has 1 aromatic heterocycles. The average molecular weight is 654 g/mol. The minimum atomic E-state index is -0.885. The molecule has 3 amide bonds. The third-order valence-electron chi connectivity index (χ3n) is 8.82. The van der Waals surface area contributed by atoms with E-state index < -0.39 is 12.1 Å². The van der Waals surface area contributed by atoms with Gasteiger partial charge >= 0.3 is 0 Å².